The third kappa shape index (κ3) is 6.44. The van der Waals surface area contributed by atoms with E-state index in [1.165, 1.54) is 12.2 Å². The van der Waals surface area contributed by atoms with Gasteiger partial charge < -0.3 is 10.1 Å². The molecule has 0 atom stereocenters. The molecule has 1 aromatic rings. The molecule has 0 aliphatic rings. The van der Waals surface area contributed by atoms with Gasteiger partial charge in [-0.2, -0.15) is 26.7 Å². The van der Waals surface area contributed by atoms with Crippen molar-refractivity contribution in [3.05, 3.63) is 0 Å². The Morgan fingerprint density at radius 2 is 2.00 bits per heavy atom. The summed E-state index contributed by atoms with van der Waals surface area (Å²) in [5, 5.41) is 3.15. The zero-order valence-corrected chi connectivity index (χ0v) is 12.3. The molecule has 0 unspecified atom stereocenters. The number of nitrogen functional groups attached to an aromatic ring is 1. The maximum Gasteiger partial charge on any atom is 0.323 e. The van der Waals surface area contributed by atoms with E-state index in [-0.39, 0.29) is 6.01 Å². The van der Waals surface area contributed by atoms with Crippen LogP contribution in [0.3, 0.4) is 0 Å². The van der Waals surface area contributed by atoms with E-state index in [4.69, 9.17) is 10.6 Å². The quantitative estimate of drug-likeness (QED) is 0.338. The second kappa shape index (κ2) is 9.62. The number of nitrogens with two attached hydrogens (primary N) is 1. The van der Waals surface area contributed by atoms with Gasteiger partial charge in [-0.25, -0.2) is 5.84 Å². The van der Waals surface area contributed by atoms with E-state index < -0.39 is 0 Å². The Kier molecular flexibility index (Phi) is 7.99. The second-order valence-corrected chi connectivity index (χ2v) is 4.87. The first-order chi connectivity index (χ1) is 9.30. The molecular weight excluding hydrogens is 264 g/mol. The summed E-state index contributed by atoms with van der Waals surface area (Å²) in [6.45, 7) is 3.41. The summed E-state index contributed by atoms with van der Waals surface area (Å²) in [6.07, 6.45) is 5.24. The van der Waals surface area contributed by atoms with Crippen molar-refractivity contribution < 1.29 is 4.74 Å². The summed E-state index contributed by atoms with van der Waals surface area (Å²) in [5.41, 5.74) is 2.41. The molecule has 0 fully saturated rings. The molecule has 4 N–H and O–H groups in total. The number of aromatic nitrogens is 3. The van der Waals surface area contributed by atoms with E-state index in [1.807, 2.05) is 18.7 Å². The van der Waals surface area contributed by atoms with Gasteiger partial charge in [0.2, 0.25) is 11.9 Å². The smallest absolute Gasteiger partial charge is 0.323 e. The van der Waals surface area contributed by atoms with Gasteiger partial charge in [0.25, 0.3) is 0 Å². The van der Waals surface area contributed by atoms with Crippen LogP contribution in [0.2, 0.25) is 0 Å². The lowest BCUT2D eigenvalue weighted by Crippen LogP contribution is -2.15. The number of ether oxygens (including phenoxy) is 1. The number of anilines is 2. The molecule has 1 heterocycles. The minimum atomic E-state index is 0.288. The van der Waals surface area contributed by atoms with Crippen LogP contribution in [0.15, 0.2) is 0 Å². The summed E-state index contributed by atoms with van der Waals surface area (Å²) in [4.78, 5) is 12.3. The van der Waals surface area contributed by atoms with Gasteiger partial charge in [-0.05, 0) is 31.3 Å². The van der Waals surface area contributed by atoms with Gasteiger partial charge in [-0.1, -0.05) is 6.92 Å². The van der Waals surface area contributed by atoms with Crippen LogP contribution in [-0.2, 0) is 0 Å². The van der Waals surface area contributed by atoms with Gasteiger partial charge in [0.15, 0.2) is 0 Å². The summed E-state index contributed by atoms with van der Waals surface area (Å²) in [6, 6.07) is 0.288. The Bertz CT molecular complexity index is 365. The lowest BCUT2D eigenvalue weighted by Gasteiger charge is -2.08. The van der Waals surface area contributed by atoms with E-state index in [9.17, 15) is 0 Å². The lowest BCUT2D eigenvalue weighted by atomic mass is 10.3. The average molecular weight is 286 g/mol. The molecular formula is C11H22N6OS. The highest BCUT2D eigenvalue weighted by Gasteiger charge is 2.06. The maximum atomic E-state index is 5.38. The number of hydrazine groups is 1. The Labute approximate surface area is 118 Å². The fourth-order valence-electron chi connectivity index (χ4n) is 1.33. The van der Waals surface area contributed by atoms with Crippen molar-refractivity contribution in [2.45, 2.75) is 26.2 Å². The van der Waals surface area contributed by atoms with Gasteiger partial charge in [0.1, 0.15) is 0 Å². The normalized spacial score (nSPS) is 10.3. The monoisotopic (exact) mass is 286 g/mol. The van der Waals surface area contributed by atoms with E-state index in [0.29, 0.717) is 18.5 Å². The predicted molar refractivity (Wildman–Crippen MR) is 79.5 cm³/mol. The zero-order valence-electron chi connectivity index (χ0n) is 11.5. The van der Waals surface area contributed by atoms with Crippen molar-refractivity contribution in [1.29, 1.82) is 0 Å². The Morgan fingerprint density at radius 1 is 1.21 bits per heavy atom. The van der Waals surface area contributed by atoms with Crippen molar-refractivity contribution in [1.82, 2.24) is 15.0 Å². The summed E-state index contributed by atoms with van der Waals surface area (Å²) >= 11 is 1.85. The highest BCUT2D eigenvalue weighted by atomic mass is 32.2. The highest BCUT2D eigenvalue weighted by Crippen LogP contribution is 2.11. The number of hydrogen-bond donors (Lipinski definition) is 3. The number of hydrogen-bond acceptors (Lipinski definition) is 8. The Hall–Kier alpha value is -1.28. The van der Waals surface area contributed by atoms with Crippen molar-refractivity contribution in [3.63, 3.8) is 0 Å². The van der Waals surface area contributed by atoms with E-state index >= 15 is 0 Å². The van der Waals surface area contributed by atoms with Gasteiger partial charge in [-0.15, -0.1) is 0 Å². The molecule has 0 saturated carbocycles. The number of rotatable bonds is 10. The van der Waals surface area contributed by atoms with Crippen molar-refractivity contribution in [3.8, 4) is 6.01 Å². The molecule has 0 bridgehead atoms. The average Bonchev–Trinajstić information content (AvgIpc) is 2.44. The third-order valence-corrected chi connectivity index (χ3v) is 2.93. The molecule has 19 heavy (non-hydrogen) atoms. The van der Waals surface area contributed by atoms with Gasteiger partial charge in [-0.3, -0.25) is 5.43 Å². The zero-order chi connectivity index (χ0) is 13.9. The minimum Gasteiger partial charge on any atom is -0.463 e. The molecule has 0 spiro atoms. The van der Waals surface area contributed by atoms with Gasteiger partial charge in [0, 0.05) is 6.54 Å². The van der Waals surface area contributed by atoms with Crippen LogP contribution in [-0.4, -0.2) is 40.1 Å². The summed E-state index contributed by atoms with van der Waals surface area (Å²) in [7, 11) is 0. The van der Waals surface area contributed by atoms with E-state index in [1.54, 1.807) is 0 Å². The number of nitrogens with zero attached hydrogens (tertiary/aromatic N) is 3. The number of unbranched alkanes of at least 4 members (excludes halogenated alkanes) is 1. The standard InChI is InChI=1S/C11H22N6OS/c1-3-7-18-11-15-9(14-10(16-11)17-12)13-6-4-5-8-19-2/h3-8,12H2,1-2H3,(H2,13,14,15,16,17). The minimum absolute atomic E-state index is 0.288. The van der Waals surface area contributed by atoms with Crippen molar-refractivity contribution in [2.24, 2.45) is 5.84 Å². The molecule has 0 aliphatic heterocycles. The lowest BCUT2D eigenvalue weighted by molar-refractivity contribution is 0.292. The van der Waals surface area contributed by atoms with E-state index in [0.717, 1.165) is 19.4 Å². The Morgan fingerprint density at radius 3 is 2.68 bits per heavy atom. The molecule has 1 rings (SSSR count). The molecule has 108 valence electrons. The second-order valence-electron chi connectivity index (χ2n) is 3.88. The van der Waals surface area contributed by atoms with E-state index in [2.05, 4.69) is 32.0 Å². The van der Waals surface area contributed by atoms with Crippen LogP contribution in [0.1, 0.15) is 26.2 Å². The van der Waals surface area contributed by atoms with Crippen LogP contribution in [0, 0.1) is 0 Å². The SMILES string of the molecule is CCCOc1nc(NN)nc(NCCCCSC)n1. The molecule has 0 amide bonds. The molecule has 8 heteroatoms. The van der Waals surface area contributed by atoms with Crippen molar-refractivity contribution >= 4 is 23.7 Å². The highest BCUT2D eigenvalue weighted by molar-refractivity contribution is 7.98. The molecule has 0 aromatic carbocycles. The molecule has 7 nitrogen and oxygen atoms in total. The Balaban J connectivity index is 2.50. The summed E-state index contributed by atoms with van der Waals surface area (Å²) < 4.78 is 5.38. The first-order valence-corrected chi connectivity index (χ1v) is 7.77. The number of nitrogens with one attached hydrogen (secondary N) is 2. The number of thioether (sulfide) groups is 1. The van der Waals surface area contributed by atoms with Crippen LogP contribution in [0.5, 0.6) is 6.01 Å². The fourth-order valence-corrected chi connectivity index (χ4v) is 1.82. The predicted octanol–water partition coefficient (Wildman–Crippen LogP) is 1.50. The van der Waals surface area contributed by atoms with Gasteiger partial charge >= 0.3 is 6.01 Å². The molecule has 0 saturated heterocycles. The first-order valence-electron chi connectivity index (χ1n) is 6.38. The largest absolute Gasteiger partial charge is 0.463 e. The van der Waals surface area contributed by atoms with Crippen LogP contribution >= 0.6 is 11.8 Å². The van der Waals surface area contributed by atoms with Crippen LogP contribution in [0.25, 0.3) is 0 Å². The fraction of sp³-hybridized carbons (Fsp3) is 0.727. The molecule has 1 aromatic heterocycles. The third-order valence-electron chi connectivity index (χ3n) is 2.24. The topological polar surface area (TPSA) is 98.0 Å². The summed E-state index contributed by atoms with van der Waals surface area (Å²) in [5.74, 6) is 7.27. The molecule has 0 radical (unpaired) electrons. The first kappa shape index (κ1) is 15.8. The maximum absolute atomic E-state index is 5.38. The van der Waals surface area contributed by atoms with Crippen LogP contribution in [0.4, 0.5) is 11.9 Å². The van der Waals surface area contributed by atoms with Crippen LogP contribution < -0.4 is 21.3 Å². The van der Waals surface area contributed by atoms with Gasteiger partial charge in [0.05, 0.1) is 6.61 Å². The van der Waals surface area contributed by atoms with Crippen molar-refractivity contribution in [2.75, 3.05) is 35.9 Å². The molecule has 0 aliphatic carbocycles.